The van der Waals surface area contributed by atoms with E-state index in [0.717, 1.165) is 15.6 Å². The predicted octanol–water partition coefficient (Wildman–Crippen LogP) is 2.12. The molecule has 19 heavy (non-hydrogen) atoms. The van der Waals surface area contributed by atoms with Crippen molar-refractivity contribution in [2.75, 3.05) is 13.1 Å². The quantitative estimate of drug-likeness (QED) is 0.838. The minimum absolute atomic E-state index is 0.0702. The van der Waals surface area contributed by atoms with Gasteiger partial charge in [0.1, 0.15) is 4.90 Å². The van der Waals surface area contributed by atoms with E-state index in [9.17, 15) is 17.2 Å². The van der Waals surface area contributed by atoms with Crippen LogP contribution in [-0.2, 0) is 10.0 Å². The summed E-state index contributed by atoms with van der Waals surface area (Å²) in [7, 11) is -3.71. The highest BCUT2D eigenvalue weighted by Gasteiger charge is 2.38. The second kappa shape index (κ2) is 4.79. The van der Waals surface area contributed by atoms with Crippen LogP contribution in [-0.4, -0.2) is 36.7 Å². The average molecular weight is 290 g/mol. The normalized spacial score (nSPS) is 20.4. The molecular formula is C12H16F2N2O2S. The Hall–Kier alpha value is -1.08. The molecule has 1 fully saturated rings. The van der Waals surface area contributed by atoms with Crippen LogP contribution < -0.4 is 0 Å². The van der Waals surface area contributed by atoms with E-state index >= 15 is 0 Å². The van der Waals surface area contributed by atoms with Crippen molar-refractivity contribution in [1.29, 1.82) is 0 Å². The van der Waals surface area contributed by atoms with Crippen molar-refractivity contribution in [3.05, 3.63) is 23.5 Å². The van der Waals surface area contributed by atoms with Crippen LogP contribution in [0.2, 0.25) is 0 Å². The van der Waals surface area contributed by atoms with Gasteiger partial charge in [0.2, 0.25) is 10.0 Å². The van der Waals surface area contributed by atoms with Gasteiger partial charge in [0.25, 0.3) is 5.92 Å². The minimum Gasteiger partial charge on any atom is -0.260 e. The van der Waals surface area contributed by atoms with Gasteiger partial charge in [-0.1, -0.05) is 0 Å². The molecule has 0 aromatic carbocycles. The molecule has 1 saturated heterocycles. The van der Waals surface area contributed by atoms with Crippen LogP contribution in [0.1, 0.15) is 24.1 Å². The molecule has 4 nitrogen and oxygen atoms in total. The molecule has 0 saturated carbocycles. The first-order valence-electron chi connectivity index (χ1n) is 6.04. The van der Waals surface area contributed by atoms with E-state index < -0.39 is 28.8 Å². The Morgan fingerprint density at radius 1 is 1.26 bits per heavy atom. The zero-order valence-corrected chi connectivity index (χ0v) is 11.7. The number of hydrogen-bond acceptors (Lipinski definition) is 3. The Morgan fingerprint density at radius 2 is 1.84 bits per heavy atom. The zero-order valence-electron chi connectivity index (χ0n) is 10.9. The second-order valence-corrected chi connectivity index (χ2v) is 6.77. The fraction of sp³-hybridized carbons (Fsp3) is 0.583. The molecule has 0 amide bonds. The van der Waals surface area contributed by atoms with E-state index in [1.165, 1.54) is 12.3 Å². The first kappa shape index (κ1) is 14.3. The topological polar surface area (TPSA) is 50.3 Å². The second-order valence-electron chi connectivity index (χ2n) is 4.83. The van der Waals surface area contributed by atoms with E-state index in [0.29, 0.717) is 0 Å². The number of rotatable bonds is 2. The van der Waals surface area contributed by atoms with Gasteiger partial charge in [-0.25, -0.2) is 17.2 Å². The van der Waals surface area contributed by atoms with Crippen LogP contribution >= 0.6 is 0 Å². The van der Waals surface area contributed by atoms with Crippen LogP contribution in [0.15, 0.2) is 17.2 Å². The third-order valence-corrected chi connectivity index (χ3v) is 5.27. The number of aryl methyl sites for hydroxylation is 2. The van der Waals surface area contributed by atoms with Crippen LogP contribution in [0.25, 0.3) is 0 Å². The largest absolute Gasteiger partial charge is 0.260 e. The summed E-state index contributed by atoms with van der Waals surface area (Å²) in [6.45, 7) is 3.25. The van der Waals surface area contributed by atoms with Crippen molar-refractivity contribution in [2.24, 2.45) is 0 Å². The summed E-state index contributed by atoms with van der Waals surface area (Å²) in [5.74, 6) is -2.76. The molecule has 0 aliphatic carbocycles. The maximum absolute atomic E-state index is 13.1. The fourth-order valence-electron chi connectivity index (χ4n) is 1.96. The van der Waals surface area contributed by atoms with Crippen molar-refractivity contribution in [3.8, 4) is 0 Å². The molecule has 0 radical (unpaired) electrons. The lowest BCUT2D eigenvalue weighted by Gasteiger charge is -2.30. The maximum atomic E-state index is 13.1. The number of sulfonamides is 1. The van der Waals surface area contributed by atoms with Gasteiger partial charge < -0.3 is 0 Å². The number of pyridine rings is 1. The van der Waals surface area contributed by atoms with Gasteiger partial charge in [-0.3, -0.25) is 4.98 Å². The smallest absolute Gasteiger partial charge is 0.250 e. The molecule has 0 bridgehead atoms. The van der Waals surface area contributed by atoms with E-state index in [1.807, 2.05) is 0 Å². The highest BCUT2D eigenvalue weighted by atomic mass is 32.2. The van der Waals surface area contributed by atoms with Gasteiger partial charge in [-0.15, -0.1) is 0 Å². The van der Waals surface area contributed by atoms with Gasteiger partial charge in [-0.05, 0) is 25.5 Å². The summed E-state index contributed by atoms with van der Waals surface area (Å²) in [4.78, 5) is 4.08. The Labute approximate surface area is 111 Å². The Balaban J connectivity index is 2.25. The summed E-state index contributed by atoms with van der Waals surface area (Å²) < 4.78 is 51.8. The minimum atomic E-state index is -3.71. The monoisotopic (exact) mass is 290 g/mol. The van der Waals surface area contributed by atoms with Crippen LogP contribution in [0, 0.1) is 13.8 Å². The molecule has 0 N–H and O–H groups in total. The van der Waals surface area contributed by atoms with Gasteiger partial charge in [0, 0.05) is 37.8 Å². The highest BCUT2D eigenvalue weighted by Crippen LogP contribution is 2.30. The van der Waals surface area contributed by atoms with Gasteiger partial charge in [-0.2, -0.15) is 4.31 Å². The molecule has 106 valence electrons. The van der Waals surface area contributed by atoms with Crippen molar-refractivity contribution in [3.63, 3.8) is 0 Å². The van der Waals surface area contributed by atoms with Gasteiger partial charge >= 0.3 is 0 Å². The average Bonchev–Trinajstić information content (AvgIpc) is 2.32. The molecule has 0 spiro atoms. The number of aromatic nitrogens is 1. The summed E-state index contributed by atoms with van der Waals surface area (Å²) in [5.41, 5.74) is 1.52. The van der Waals surface area contributed by atoms with E-state index in [1.54, 1.807) is 13.8 Å². The lowest BCUT2D eigenvalue weighted by molar-refractivity contribution is -0.0412. The lowest BCUT2D eigenvalue weighted by atomic mass is 10.1. The molecule has 0 unspecified atom stereocenters. The van der Waals surface area contributed by atoms with Crippen LogP contribution in [0.5, 0.6) is 0 Å². The fourth-order valence-corrected chi connectivity index (χ4v) is 3.43. The van der Waals surface area contributed by atoms with Crippen molar-refractivity contribution in [1.82, 2.24) is 9.29 Å². The molecule has 7 heteroatoms. The number of nitrogens with zero attached hydrogens (tertiary/aromatic N) is 2. The summed E-state index contributed by atoms with van der Waals surface area (Å²) >= 11 is 0. The first-order chi connectivity index (χ1) is 8.72. The molecule has 1 aliphatic rings. The molecule has 0 atom stereocenters. The van der Waals surface area contributed by atoms with E-state index in [4.69, 9.17) is 0 Å². The third kappa shape index (κ3) is 2.92. The molecular weight excluding hydrogens is 274 g/mol. The predicted molar refractivity (Wildman–Crippen MR) is 66.7 cm³/mol. The number of alkyl halides is 2. The standard InChI is InChI=1S/C12H16F2N2O2S/c1-9-7-11(8-15-10(9)2)19(17,18)16-5-3-12(13,14)4-6-16/h7-8H,3-6H2,1-2H3. The molecule has 1 aromatic heterocycles. The maximum Gasteiger partial charge on any atom is 0.250 e. The molecule has 2 rings (SSSR count). The Morgan fingerprint density at radius 3 is 2.37 bits per heavy atom. The van der Waals surface area contributed by atoms with Crippen LogP contribution in [0.4, 0.5) is 8.78 Å². The highest BCUT2D eigenvalue weighted by molar-refractivity contribution is 7.89. The Kier molecular flexibility index (Phi) is 3.61. The number of piperidine rings is 1. The number of hydrogen-bond donors (Lipinski definition) is 0. The SMILES string of the molecule is Cc1cc(S(=O)(=O)N2CCC(F)(F)CC2)cnc1C. The van der Waals surface area contributed by atoms with Gasteiger partial charge in [0.05, 0.1) is 0 Å². The molecule has 1 aliphatic heterocycles. The molecule has 1 aromatic rings. The Bertz CT molecular complexity index is 577. The first-order valence-corrected chi connectivity index (χ1v) is 7.48. The van der Waals surface area contributed by atoms with Crippen molar-refractivity contribution in [2.45, 2.75) is 37.5 Å². The number of halogens is 2. The van der Waals surface area contributed by atoms with E-state index in [2.05, 4.69) is 4.98 Å². The van der Waals surface area contributed by atoms with E-state index in [-0.39, 0.29) is 18.0 Å². The summed E-state index contributed by atoms with van der Waals surface area (Å²) in [6, 6.07) is 1.53. The summed E-state index contributed by atoms with van der Waals surface area (Å²) in [6.07, 6.45) is 0.430. The third-order valence-electron chi connectivity index (χ3n) is 3.41. The van der Waals surface area contributed by atoms with Crippen molar-refractivity contribution < 1.29 is 17.2 Å². The van der Waals surface area contributed by atoms with Crippen molar-refractivity contribution >= 4 is 10.0 Å². The summed E-state index contributed by atoms with van der Waals surface area (Å²) in [5, 5.41) is 0. The van der Waals surface area contributed by atoms with Crippen LogP contribution in [0.3, 0.4) is 0 Å². The molecule has 2 heterocycles. The zero-order chi connectivity index (χ0) is 14.3. The van der Waals surface area contributed by atoms with Gasteiger partial charge in [0.15, 0.2) is 0 Å². The lowest BCUT2D eigenvalue weighted by Crippen LogP contribution is -2.42.